The maximum Gasteiger partial charge on any atom is 0.335 e. The van der Waals surface area contributed by atoms with E-state index in [0.717, 1.165) is 5.56 Å². The van der Waals surface area contributed by atoms with Crippen LogP contribution in [-0.2, 0) is 13.6 Å². The first-order valence-corrected chi connectivity index (χ1v) is 10.1. The molecule has 4 N–H and O–H groups in total. The highest BCUT2D eigenvalue weighted by atomic mass is 79.9. The van der Waals surface area contributed by atoms with Crippen LogP contribution in [0, 0.1) is 0 Å². The maximum atomic E-state index is 12.2. The van der Waals surface area contributed by atoms with Gasteiger partial charge in [-0.25, -0.2) is 14.3 Å². The number of aromatic hydroxyl groups is 2. The second-order valence-electron chi connectivity index (χ2n) is 6.80. The first kappa shape index (κ1) is 20.5. The minimum absolute atomic E-state index is 0.148. The molecule has 2 aromatic heterocycles. The van der Waals surface area contributed by atoms with Crippen molar-refractivity contribution in [2.24, 2.45) is 7.05 Å². The zero-order valence-corrected chi connectivity index (χ0v) is 18.0. The number of aryl methyl sites for hydroxylation is 1. The third-order valence-electron chi connectivity index (χ3n) is 4.53. The number of anilines is 3. The van der Waals surface area contributed by atoms with Crippen molar-refractivity contribution in [3.63, 3.8) is 0 Å². The highest BCUT2D eigenvalue weighted by Crippen LogP contribution is 2.24. The molecule has 0 spiro atoms. The smallest absolute Gasteiger partial charge is 0.335 e. The van der Waals surface area contributed by atoms with Gasteiger partial charge in [-0.05, 0) is 51.8 Å². The molecule has 4 rings (SSSR count). The predicted molar refractivity (Wildman–Crippen MR) is 121 cm³/mol. The van der Waals surface area contributed by atoms with Gasteiger partial charge in [0.15, 0.2) is 0 Å². The Hall–Kier alpha value is -3.79. The summed E-state index contributed by atoms with van der Waals surface area (Å²) in [7, 11) is 1.57. The van der Waals surface area contributed by atoms with Gasteiger partial charge in [-0.15, -0.1) is 0 Å². The fourth-order valence-electron chi connectivity index (χ4n) is 2.99. The van der Waals surface area contributed by atoms with E-state index in [1.165, 1.54) is 15.3 Å². The molecule has 0 amide bonds. The zero-order valence-electron chi connectivity index (χ0n) is 16.5. The van der Waals surface area contributed by atoms with Crippen molar-refractivity contribution in [3.8, 4) is 17.3 Å². The summed E-state index contributed by atoms with van der Waals surface area (Å²) in [5.41, 5.74) is 1.80. The van der Waals surface area contributed by atoms with E-state index in [0.29, 0.717) is 34.2 Å². The fourth-order valence-corrected chi connectivity index (χ4v) is 3.32. The van der Waals surface area contributed by atoms with Gasteiger partial charge in [-0.3, -0.25) is 4.57 Å². The first-order chi connectivity index (χ1) is 14.9. The molecule has 9 nitrogen and oxygen atoms in total. The minimum atomic E-state index is -0.352. The number of hydrogen-bond donors (Lipinski definition) is 4. The summed E-state index contributed by atoms with van der Waals surface area (Å²) in [6.45, 7) is 0.515. The van der Waals surface area contributed by atoms with Crippen LogP contribution in [0.25, 0.3) is 5.69 Å². The molecule has 0 fully saturated rings. The average Bonchev–Trinajstić information content (AvgIpc) is 3.01. The fraction of sp³-hybridized carbons (Fsp3) is 0.0952. The van der Waals surface area contributed by atoms with Crippen molar-refractivity contribution in [1.82, 2.24) is 19.1 Å². The Morgan fingerprint density at radius 2 is 1.90 bits per heavy atom. The molecular weight excluding hydrogens is 464 g/mol. The molecule has 4 aromatic rings. The third kappa shape index (κ3) is 4.53. The predicted octanol–water partition coefficient (Wildman–Crippen LogP) is 3.50. The summed E-state index contributed by atoms with van der Waals surface area (Å²) < 4.78 is 3.21. The van der Waals surface area contributed by atoms with Crippen LogP contribution in [0.2, 0.25) is 0 Å². The summed E-state index contributed by atoms with van der Waals surface area (Å²) in [6, 6.07) is 13.9. The van der Waals surface area contributed by atoms with Gasteiger partial charge in [0.1, 0.15) is 11.6 Å². The Morgan fingerprint density at radius 3 is 2.61 bits per heavy atom. The number of hydrogen-bond acceptors (Lipinski definition) is 7. The molecule has 0 bridgehead atoms. The highest BCUT2D eigenvalue weighted by molar-refractivity contribution is 9.10. The number of rotatable bonds is 6. The largest absolute Gasteiger partial charge is 0.508 e. The van der Waals surface area contributed by atoms with Crippen LogP contribution < -0.4 is 16.3 Å². The van der Waals surface area contributed by atoms with Gasteiger partial charge in [0.05, 0.1) is 16.4 Å². The monoisotopic (exact) mass is 482 g/mol. The second-order valence-corrected chi connectivity index (χ2v) is 7.66. The number of imidazole rings is 1. The van der Waals surface area contributed by atoms with Gasteiger partial charge >= 0.3 is 5.69 Å². The van der Waals surface area contributed by atoms with Crippen LogP contribution in [-0.4, -0.2) is 29.3 Å². The second kappa shape index (κ2) is 8.52. The van der Waals surface area contributed by atoms with E-state index in [1.54, 1.807) is 43.6 Å². The van der Waals surface area contributed by atoms with Gasteiger partial charge in [0.25, 0.3) is 0 Å². The zero-order chi connectivity index (χ0) is 22.0. The number of aromatic nitrogens is 4. The van der Waals surface area contributed by atoms with Crippen LogP contribution in [0.1, 0.15) is 5.56 Å². The number of halogens is 1. The molecule has 2 heterocycles. The number of phenols is 1. The molecule has 0 aliphatic rings. The molecular formula is C21H19BrN6O3. The molecule has 158 valence electrons. The van der Waals surface area contributed by atoms with Crippen LogP contribution in [0.4, 0.5) is 17.5 Å². The normalized spacial score (nSPS) is 10.8. The summed E-state index contributed by atoms with van der Waals surface area (Å²) in [4.78, 5) is 21.0. The van der Waals surface area contributed by atoms with Crippen molar-refractivity contribution >= 4 is 33.4 Å². The van der Waals surface area contributed by atoms with Gasteiger partial charge < -0.3 is 20.8 Å². The van der Waals surface area contributed by atoms with E-state index in [9.17, 15) is 15.0 Å². The van der Waals surface area contributed by atoms with Gasteiger partial charge in [0, 0.05) is 25.5 Å². The Balaban J connectivity index is 1.54. The molecule has 0 atom stereocenters. The molecule has 0 aliphatic carbocycles. The number of phenolic OH excluding ortho intramolecular Hbond substituents is 1. The molecule has 10 heteroatoms. The number of benzene rings is 2. The molecule has 2 aromatic carbocycles. The number of nitrogens with one attached hydrogen (secondary N) is 2. The van der Waals surface area contributed by atoms with Crippen molar-refractivity contribution < 1.29 is 10.2 Å². The quantitative estimate of drug-likeness (QED) is 0.332. The van der Waals surface area contributed by atoms with E-state index < -0.39 is 0 Å². The lowest BCUT2D eigenvalue weighted by Crippen LogP contribution is -2.20. The van der Waals surface area contributed by atoms with Gasteiger partial charge in [-0.2, -0.15) is 4.98 Å². The van der Waals surface area contributed by atoms with E-state index in [2.05, 4.69) is 36.5 Å². The van der Waals surface area contributed by atoms with Crippen molar-refractivity contribution in [2.45, 2.75) is 6.54 Å². The lowest BCUT2D eigenvalue weighted by Gasteiger charge is -2.11. The lowest BCUT2D eigenvalue weighted by atomic mass is 10.2. The highest BCUT2D eigenvalue weighted by Gasteiger charge is 2.11. The third-order valence-corrected chi connectivity index (χ3v) is 5.11. The molecule has 31 heavy (non-hydrogen) atoms. The van der Waals surface area contributed by atoms with Crippen molar-refractivity contribution in [1.29, 1.82) is 0 Å². The van der Waals surface area contributed by atoms with Crippen molar-refractivity contribution in [2.75, 3.05) is 10.6 Å². The van der Waals surface area contributed by atoms with E-state index in [1.807, 2.05) is 18.2 Å². The Bertz CT molecular complexity index is 1280. The molecule has 0 saturated heterocycles. The first-order valence-electron chi connectivity index (χ1n) is 9.30. The summed E-state index contributed by atoms with van der Waals surface area (Å²) in [5, 5.41) is 25.8. The van der Waals surface area contributed by atoms with E-state index in [4.69, 9.17) is 0 Å². The molecule has 0 aliphatic heterocycles. The summed E-state index contributed by atoms with van der Waals surface area (Å²) >= 11 is 3.44. The van der Waals surface area contributed by atoms with Crippen LogP contribution in [0.15, 0.2) is 70.2 Å². The molecule has 0 radical (unpaired) electrons. The average molecular weight is 483 g/mol. The van der Waals surface area contributed by atoms with E-state index in [-0.39, 0.29) is 17.3 Å². The lowest BCUT2D eigenvalue weighted by molar-refractivity contribution is 0.441. The van der Waals surface area contributed by atoms with Crippen LogP contribution in [0.3, 0.4) is 0 Å². The van der Waals surface area contributed by atoms with Gasteiger partial charge in [-0.1, -0.05) is 18.2 Å². The minimum Gasteiger partial charge on any atom is -0.508 e. The topological polar surface area (TPSA) is 117 Å². The maximum absolute atomic E-state index is 12.2. The SMILES string of the molecule is Cn1cc(O)n(-c2cccc(Nc3ncc(Br)c(NCc4ccc(O)cc4)n3)c2)c1=O. The molecule has 0 saturated carbocycles. The van der Waals surface area contributed by atoms with Crippen LogP contribution >= 0.6 is 15.9 Å². The Morgan fingerprint density at radius 1 is 1.13 bits per heavy atom. The van der Waals surface area contributed by atoms with Crippen molar-refractivity contribution in [3.05, 3.63) is 81.4 Å². The number of nitrogens with zero attached hydrogens (tertiary/aromatic N) is 4. The Kier molecular flexibility index (Phi) is 5.63. The summed E-state index contributed by atoms with van der Waals surface area (Å²) in [6.07, 6.45) is 2.98. The molecule has 0 unspecified atom stereocenters. The van der Waals surface area contributed by atoms with Gasteiger partial charge in [0.2, 0.25) is 11.8 Å². The Labute approximate surface area is 185 Å². The summed E-state index contributed by atoms with van der Waals surface area (Å²) in [5.74, 6) is 1.02. The van der Waals surface area contributed by atoms with E-state index >= 15 is 0 Å². The van der Waals surface area contributed by atoms with Crippen LogP contribution in [0.5, 0.6) is 11.6 Å². The standard InChI is InChI=1S/C21H19BrN6O3/c1-27-12-18(30)28(21(27)31)15-4-2-3-14(9-15)25-20-24-11-17(22)19(26-20)23-10-13-5-7-16(29)8-6-13/h2-9,11-12,29-30H,10H2,1H3,(H2,23,24,25,26).